The normalized spacial score (nSPS) is 10.2. The fourth-order valence-corrected chi connectivity index (χ4v) is 1.87. The summed E-state index contributed by atoms with van der Waals surface area (Å²) in [6.07, 6.45) is 0. The standard InChI is InChI=1S/C10H12Br2O2/c1-13-4-5-14-10-3-2-8(7-11)6-9(10)12/h2-3,6H,4-5,7H2,1H3. The molecule has 0 aromatic heterocycles. The van der Waals surface area contributed by atoms with E-state index in [-0.39, 0.29) is 0 Å². The number of benzene rings is 1. The molecule has 1 rings (SSSR count). The van der Waals surface area contributed by atoms with Crippen molar-refractivity contribution in [2.75, 3.05) is 20.3 Å². The third kappa shape index (κ3) is 3.59. The van der Waals surface area contributed by atoms with E-state index in [2.05, 4.69) is 31.9 Å². The molecule has 0 heterocycles. The molecule has 0 amide bonds. The molecule has 0 fully saturated rings. The minimum absolute atomic E-state index is 0.572. The van der Waals surface area contributed by atoms with E-state index < -0.39 is 0 Å². The summed E-state index contributed by atoms with van der Waals surface area (Å²) in [4.78, 5) is 0. The van der Waals surface area contributed by atoms with Gasteiger partial charge in [0.25, 0.3) is 0 Å². The molecule has 0 saturated carbocycles. The topological polar surface area (TPSA) is 18.5 Å². The van der Waals surface area contributed by atoms with Crippen LogP contribution in [0.4, 0.5) is 0 Å². The smallest absolute Gasteiger partial charge is 0.133 e. The van der Waals surface area contributed by atoms with Crippen molar-refractivity contribution < 1.29 is 9.47 Å². The Morgan fingerprint density at radius 2 is 2.07 bits per heavy atom. The predicted octanol–water partition coefficient (Wildman–Crippen LogP) is 3.37. The second kappa shape index (κ2) is 6.43. The van der Waals surface area contributed by atoms with Gasteiger partial charge < -0.3 is 9.47 Å². The van der Waals surface area contributed by atoms with Gasteiger partial charge in [0.2, 0.25) is 0 Å². The van der Waals surface area contributed by atoms with Crippen molar-refractivity contribution in [3.05, 3.63) is 28.2 Å². The van der Waals surface area contributed by atoms with E-state index in [9.17, 15) is 0 Å². The molecule has 4 heteroatoms. The Kier molecular flexibility index (Phi) is 5.52. The maximum Gasteiger partial charge on any atom is 0.133 e. The van der Waals surface area contributed by atoms with Gasteiger partial charge in [0.15, 0.2) is 0 Å². The summed E-state index contributed by atoms with van der Waals surface area (Å²) in [6, 6.07) is 6.02. The molecular weight excluding hydrogens is 312 g/mol. The van der Waals surface area contributed by atoms with Crippen LogP contribution in [0, 0.1) is 0 Å². The lowest BCUT2D eigenvalue weighted by atomic mass is 10.2. The van der Waals surface area contributed by atoms with Gasteiger partial charge in [-0.1, -0.05) is 22.0 Å². The zero-order chi connectivity index (χ0) is 10.4. The number of ether oxygens (including phenoxy) is 2. The highest BCUT2D eigenvalue weighted by Gasteiger charge is 2.01. The number of hydrogen-bond acceptors (Lipinski definition) is 2. The van der Waals surface area contributed by atoms with Crippen molar-refractivity contribution in [1.29, 1.82) is 0 Å². The number of alkyl halides is 1. The predicted molar refractivity (Wildman–Crippen MR) is 64.1 cm³/mol. The highest BCUT2D eigenvalue weighted by atomic mass is 79.9. The fraction of sp³-hybridized carbons (Fsp3) is 0.400. The summed E-state index contributed by atoms with van der Waals surface area (Å²) >= 11 is 6.85. The van der Waals surface area contributed by atoms with Crippen LogP contribution in [0.25, 0.3) is 0 Å². The average Bonchev–Trinajstić information content (AvgIpc) is 2.20. The molecule has 0 unspecified atom stereocenters. The molecule has 0 bridgehead atoms. The molecule has 0 spiro atoms. The Morgan fingerprint density at radius 3 is 2.64 bits per heavy atom. The summed E-state index contributed by atoms with van der Waals surface area (Å²) < 4.78 is 11.4. The van der Waals surface area contributed by atoms with Crippen molar-refractivity contribution in [2.24, 2.45) is 0 Å². The van der Waals surface area contributed by atoms with Crippen LogP contribution in [0.15, 0.2) is 22.7 Å². The van der Waals surface area contributed by atoms with Gasteiger partial charge in [-0.15, -0.1) is 0 Å². The van der Waals surface area contributed by atoms with Gasteiger partial charge in [-0.3, -0.25) is 0 Å². The minimum Gasteiger partial charge on any atom is -0.490 e. The molecule has 2 nitrogen and oxygen atoms in total. The maximum atomic E-state index is 5.49. The van der Waals surface area contributed by atoms with Crippen LogP contribution in [0.2, 0.25) is 0 Å². The molecule has 0 aliphatic rings. The van der Waals surface area contributed by atoms with Crippen LogP contribution in [0.1, 0.15) is 5.56 Å². The Bertz CT molecular complexity index is 289. The van der Waals surface area contributed by atoms with Crippen molar-refractivity contribution in [2.45, 2.75) is 5.33 Å². The molecule has 0 aliphatic heterocycles. The first-order chi connectivity index (χ1) is 6.77. The summed E-state index contributed by atoms with van der Waals surface area (Å²) in [5, 5.41) is 0.851. The van der Waals surface area contributed by atoms with Gasteiger partial charge in [-0.25, -0.2) is 0 Å². The van der Waals surface area contributed by atoms with Crippen molar-refractivity contribution >= 4 is 31.9 Å². The highest BCUT2D eigenvalue weighted by molar-refractivity contribution is 9.10. The number of methoxy groups -OCH3 is 1. The Balaban J connectivity index is 2.59. The van der Waals surface area contributed by atoms with Crippen LogP contribution in [-0.4, -0.2) is 20.3 Å². The Labute approximate surface area is 101 Å². The molecule has 1 aromatic rings. The van der Waals surface area contributed by atoms with Gasteiger partial charge in [-0.05, 0) is 33.6 Å². The first-order valence-electron chi connectivity index (χ1n) is 4.24. The van der Waals surface area contributed by atoms with E-state index in [0.717, 1.165) is 15.6 Å². The van der Waals surface area contributed by atoms with E-state index >= 15 is 0 Å². The zero-order valence-electron chi connectivity index (χ0n) is 7.93. The summed E-state index contributed by atoms with van der Waals surface area (Å²) in [7, 11) is 1.66. The molecule has 0 atom stereocenters. The van der Waals surface area contributed by atoms with E-state index in [1.54, 1.807) is 7.11 Å². The molecule has 14 heavy (non-hydrogen) atoms. The lowest BCUT2D eigenvalue weighted by Gasteiger charge is -2.08. The maximum absolute atomic E-state index is 5.49. The number of rotatable bonds is 5. The summed E-state index contributed by atoms with van der Waals surface area (Å²) in [6.45, 7) is 1.18. The first kappa shape index (κ1) is 12.0. The van der Waals surface area contributed by atoms with Gasteiger partial charge >= 0.3 is 0 Å². The van der Waals surface area contributed by atoms with Crippen LogP contribution in [-0.2, 0) is 10.1 Å². The van der Waals surface area contributed by atoms with Crippen LogP contribution >= 0.6 is 31.9 Å². The Morgan fingerprint density at radius 1 is 1.29 bits per heavy atom. The molecule has 0 saturated heterocycles. The van der Waals surface area contributed by atoms with Crippen LogP contribution in [0.3, 0.4) is 0 Å². The van der Waals surface area contributed by atoms with Gasteiger partial charge in [0.1, 0.15) is 12.4 Å². The Hall–Kier alpha value is -0.0600. The largest absolute Gasteiger partial charge is 0.490 e. The van der Waals surface area contributed by atoms with Gasteiger partial charge in [0, 0.05) is 12.4 Å². The monoisotopic (exact) mass is 322 g/mol. The van der Waals surface area contributed by atoms with Crippen molar-refractivity contribution in [3.8, 4) is 5.75 Å². The van der Waals surface area contributed by atoms with E-state index in [0.29, 0.717) is 13.2 Å². The minimum atomic E-state index is 0.572. The number of hydrogen-bond donors (Lipinski definition) is 0. The van der Waals surface area contributed by atoms with E-state index in [1.165, 1.54) is 5.56 Å². The van der Waals surface area contributed by atoms with Gasteiger partial charge in [0.05, 0.1) is 11.1 Å². The summed E-state index contributed by atoms with van der Waals surface area (Å²) in [5.41, 5.74) is 1.22. The van der Waals surface area contributed by atoms with Gasteiger partial charge in [-0.2, -0.15) is 0 Å². The first-order valence-corrected chi connectivity index (χ1v) is 6.15. The van der Waals surface area contributed by atoms with Crippen molar-refractivity contribution in [1.82, 2.24) is 0 Å². The lowest BCUT2D eigenvalue weighted by molar-refractivity contribution is 0.146. The molecular formula is C10H12Br2O2. The highest BCUT2D eigenvalue weighted by Crippen LogP contribution is 2.26. The van der Waals surface area contributed by atoms with Crippen molar-refractivity contribution in [3.63, 3.8) is 0 Å². The third-order valence-corrected chi connectivity index (χ3v) is 2.96. The molecule has 0 radical (unpaired) electrons. The molecule has 1 aromatic carbocycles. The molecule has 0 N–H and O–H groups in total. The lowest BCUT2D eigenvalue weighted by Crippen LogP contribution is -2.04. The molecule has 0 aliphatic carbocycles. The second-order valence-electron chi connectivity index (χ2n) is 2.74. The average molecular weight is 324 g/mol. The second-order valence-corrected chi connectivity index (χ2v) is 4.15. The summed E-state index contributed by atoms with van der Waals surface area (Å²) in [5.74, 6) is 0.853. The van der Waals surface area contributed by atoms with E-state index in [1.807, 2.05) is 18.2 Å². The van der Waals surface area contributed by atoms with Crippen LogP contribution in [0.5, 0.6) is 5.75 Å². The van der Waals surface area contributed by atoms with Crippen LogP contribution < -0.4 is 4.74 Å². The SMILES string of the molecule is COCCOc1ccc(CBr)cc1Br. The fourth-order valence-electron chi connectivity index (χ4n) is 0.979. The quantitative estimate of drug-likeness (QED) is 0.611. The number of halogens is 2. The third-order valence-electron chi connectivity index (χ3n) is 1.70. The molecule has 78 valence electrons. The zero-order valence-corrected chi connectivity index (χ0v) is 11.1. The van der Waals surface area contributed by atoms with E-state index in [4.69, 9.17) is 9.47 Å².